The number of hydrogen-bond acceptors (Lipinski definition) is 2. The van der Waals surface area contributed by atoms with E-state index in [1.54, 1.807) is 0 Å². The summed E-state index contributed by atoms with van der Waals surface area (Å²) in [6.45, 7) is 9.65. The Hall–Kier alpha value is -0.860. The molecule has 2 rings (SSSR count). The molecular weight excluding hydrogens is 210 g/mol. The van der Waals surface area contributed by atoms with Crippen molar-refractivity contribution in [3.8, 4) is 0 Å². The number of benzene rings is 1. The van der Waals surface area contributed by atoms with Crippen LogP contribution in [0, 0.1) is 18.8 Å². The maximum Gasteiger partial charge on any atom is 0.0919 e. The Labute approximate surface area is 104 Å². The molecule has 0 saturated carbocycles. The maximum atomic E-state index is 10.3. The topological polar surface area (TPSA) is 23.5 Å². The molecule has 0 bridgehead atoms. The van der Waals surface area contributed by atoms with Crippen LogP contribution >= 0.6 is 0 Å². The molecule has 3 unspecified atom stereocenters. The van der Waals surface area contributed by atoms with Crippen LogP contribution in [0.2, 0.25) is 0 Å². The number of aryl methyl sites for hydroxylation is 1. The summed E-state index contributed by atoms with van der Waals surface area (Å²) in [7, 11) is 0. The molecule has 1 heterocycles. The van der Waals surface area contributed by atoms with E-state index in [1.807, 2.05) is 18.2 Å². The van der Waals surface area contributed by atoms with Crippen molar-refractivity contribution in [3.05, 3.63) is 35.4 Å². The Bertz CT molecular complexity index is 367. The highest BCUT2D eigenvalue weighted by Crippen LogP contribution is 2.25. The van der Waals surface area contributed by atoms with Gasteiger partial charge in [-0.15, -0.1) is 0 Å². The molecular formula is C15H23NO. The first-order chi connectivity index (χ1) is 8.08. The lowest BCUT2D eigenvalue weighted by molar-refractivity contribution is 0.123. The minimum atomic E-state index is -0.353. The van der Waals surface area contributed by atoms with Gasteiger partial charge in [-0.2, -0.15) is 0 Å². The SMILES string of the molecule is Cc1ccccc1C(O)CN1CC(C)C(C)C1. The minimum absolute atomic E-state index is 0.353. The zero-order valence-corrected chi connectivity index (χ0v) is 11.1. The molecule has 0 aliphatic carbocycles. The van der Waals surface area contributed by atoms with Crippen molar-refractivity contribution in [2.24, 2.45) is 11.8 Å². The highest BCUT2D eigenvalue weighted by atomic mass is 16.3. The smallest absolute Gasteiger partial charge is 0.0919 e. The fraction of sp³-hybridized carbons (Fsp3) is 0.600. The number of β-amino-alcohol motifs (C(OH)–C–C–N with tert-alkyl or cyclic N) is 1. The zero-order chi connectivity index (χ0) is 12.4. The summed E-state index contributed by atoms with van der Waals surface area (Å²) < 4.78 is 0. The first kappa shape index (κ1) is 12.6. The third kappa shape index (κ3) is 2.88. The fourth-order valence-electron chi connectivity index (χ4n) is 2.70. The van der Waals surface area contributed by atoms with Crippen LogP contribution in [0.25, 0.3) is 0 Å². The normalized spacial score (nSPS) is 27.3. The van der Waals surface area contributed by atoms with Crippen molar-refractivity contribution in [1.82, 2.24) is 4.90 Å². The van der Waals surface area contributed by atoms with Crippen LogP contribution in [0.3, 0.4) is 0 Å². The van der Waals surface area contributed by atoms with Gasteiger partial charge in [0.05, 0.1) is 6.10 Å². The van der Waals surface area contributed by atoms with Crippen molar-refractivity contribution in [2.75, 3.05) is 19.6 Å². The van der Waals surface area contributed by atoms with Gasteiger partial charge >= 0.3 is 0 Å². The van der Waals surface area contributed by atoms with E-state index in [-0.39, 0.29) is 6.10 Å². The summed E-state index contributed by atoms with van der Waals surface area (Å²) in [5.74, 6) is 1.50. The van der Waals surface area contributed by atoms with E-state index in [0.29, 0.717) is 0 Å². The monoisotopic (exact) mass is 233 g/mol. The second-order valence-corrected chi connectivity index (χ2v) is 5.55. The first-order valence-corrected chi connectivity index (χ1v) is 6.54. The van der Waals surface area contributed by atoms with E-state index < -0.39 is 0 Å². The molecule has 94 valence electrons. The molecule has 1 aromatic carbocycles. The van der Waals surface area contributed by atoms with Crippen molar-refractivity contribution in [2.45, 2.75) is 26.9 Å². The number of nitrogens with zero attached hydrogens (tertiary/aromatic N) is 1. The molecule has 1 fully saturated rings. The molecule has 1 aliphatic heterocycles. The lowest BCUT2D eigenvalue weighted by Gasteiger charge is -2.21. The predicted molar refractivity (Wildman–Crippen MR) is 70.9 cm³/mol. The van der Waals surface area contributed by atoms with Crippen LogP contribution in [0.5, 0.6) is 0 Å². The molecule has 2 nitrogen and oxygen atoms in total. The average molecular weight is 233 g/mol. The second-order valence-electron chi connectivity index (χ2n) is 5.55. The second kappa shape index (κ2) is 5.19. The van der Waals surface area contributed by atoms with Gasteiger partial charge in [-0.05, 0) is 29.9 Å². The summed E-state index contributed by atoms with van der Waals surface area (Å²) in [6.07, 6.45) is -0.353. The molecule has 3 atom stereocenters. The maximum absolute atomic E-state index is 10.3. The van der Waals surface area contributed by atoms with Crippen LogP contribution in [0.1, 0.15) is 31.1 Å². The van der Waals surface area contributed by atoms with Gasteiger partial charge in [0.1, 0.15) is 0 Å². The molecule has 1 saturated heterocycles. The molecule has 1 aliphatic rings. The quantitative estimate of drug-likeness (QED) is 0.867. The Morgan fingerprint density at radius 1 is 1.24 bits per heavy atom. The van der Waals surface area contributed by atoms with Crippen LogP contribution in [0.15, 0.2) is 24.3 Å². The standard InChI is InChI=1S/C15H23NO/c1-11-6-4-5-7-14(11)15(17)10-16-8-12(2)13(3)9-16/h4-7,12-13,15,17H,8-10H2,1-3H3. The molecule has 2 heteroatoms. The number of aliphatic hydroxyl groups excluding tert-OH is 1. The lowest BCUT2D eigenvalue weighted by Crippen LogP contribution is -2.27. The molecule has 1 aromatic rings. The highest BCUT2D eigenvalue weighted by molar-refractivity contribution is 5.27. The van der Waals surface area contributed by atoms with Crippen molar-refractivity contribution >= 4 is 0 Å². The summed E-state index contributed by atoms with van der Waals surface area (Å²) in [4.78, 5) is 2.38. The molecule has 17 heavy (non-hydrogen) atoms. The third-order valence-electron chi connectivity index (χ3n) is 4.04. The van der Waals surface area contributed by atoms with Gasteiger partial charge in [0.15, 0.2) is 0 Å². The van der Waals surface area contributed by atoms with Crippen LogP contribution < -0.4 is 0 Å². The van der Waals surface area contributed by atoms with Gasteiger partial charge in [-0.25, -0.2) is 0 Å². The Kier molecular flexibility index (Phi) is 3.85. The zero-order valence-electron chi connectivity index (χ0n) is 11.1. The van der Waals surface area contributed by atoms with Crippen LogP contribution in [-0.4, -0.2) is 29.6 Å². The van der Waals surface area contributed by atoms with Gasteiger partial charge < -0.3 is 5.11 Å². The van der Waals surface area contributed by atoms with Crippen molar-refractivity contribution < 1.29 is 5.11 Å². The van der Waals surface area contributed by atoms with Crippen LogP contribution in [-0.2, 0) is 0 Å². The van der Waals surface area contributed by atoms with Gasteiger partial charge in [0.2, 0.25) is 0 Å². The fourth-order valence-corrected chi connectivity index (χ4v) is 2.70. The van der Waals surface area contributed by atoms with Crippen molar-refractivity contribution in [1.29, 1.82) is 0 Å². The first-order valence-electron chi connectivity index (χ1n) is 6.54. The Morgan fingerprint density at radius 3 is 2.41 bits per heavy atom. The molecule has 0 radical (unpaired) electrons. The summed E-state index contributed by atoms with van der Waals surface area (Å²) >= 11 is 0. The van der Waals surface area contributed by atoms with E-state index in [1.165, 1.54) is 5.56 Å². The van der Waals surface area contributed by atoms with Gasteiger partial charge in [-0.1, -0.05) is 38.1 Å². The summed E-state index contributed by atoms with van der Waals surface area (Å²) in [5, 5.41) is 10.3. The number of likely N-dealkylation sites (tertiary alicyclic amines) is 1. The van der Waals surface area contributed by atoms with Crippen molar-refractivity contribution in [3.63, 3.8) is 0 Å². The third-order valence-corrected chi connectivity index (χ3v) is 4.04. The number of aliphatic hydroxyl groups is 1. The Balaban J connectivity index is 1.98. The molecule has 1 N–H and O–H groups in total. The molecule has 0 aromatic heterocycles. The summed E-state index contributed by atoms with van der Waals surface area (Å²) in [5.41, 5.74) is 2.25. The van der Waals surface area contributed by atoms with E-state index >= 15 is 0 Å². The van der Waals surface area contributed by atoms with Gasteiger partial charge in [-0.3, -0.25) is 4.90 Å². The molecule has 0 spiro atoms. The van der Waals surface area contributed by atoms with E-state index in [9.17, 15) is 5.11 Å². The largest absolute Gasteiger partial charge is 0.387 e. The Morgan fingerprint density at radius 2 is 1.82 bits per heavy atom. The van der Waals surface area contributed by atoms with E-state index in [0.717, 1.165) is 37.0 Å². The van der Waals surface area contributed by atoms with E-state index in [2.05, 4.69) is 31.7 Å². The average Bonchev–Trinajstić information content (AvgIpc) is 2.58. The van der Waals surface area contributed by atoms with Gasteiger partial charge in [0, 0.05) is 19.6 Å². The van der Waals surface area contributed by atoms with Crippen LogP contribution in [0.4, 0.5) is 0 Å². The molecule has 0 amide bonds. The number of hydrogen-bond donors (Lipinski definition) is 1. The minimum Gasteiger partial charge on any atom is -0.387 e. The number of rotatable bonds is 3. The summed E-state index contributed by atoms with van der Waals surface area (Å²) in [6, 6.07) is 8.11. The lowest BCUT2D eigenvalue weighted by atomic mass is 10.0. The predicted octanol–water partition coefficient (Wildman–Crippen LogP) is 2.62. The highest BCUT2D eigenvalue weighted by Gasteiger charge is 2.27. The van der Waals surface area contributed by atoms with Gasteiger partial charge in [0.25, 0.3) is 0 Å². The van der Waals surface area contributed by atoms with E-state index in [4.69, 9.17) is 0 Å².